The lowest BCUT2D eigenvalue weighted by molar-refractivity contribution is 0.487. The van der Waals surface area contributed by atoms with Crippen molar-refractivity contribution in [1.29, 1.82) is 0 Å². The Morgan fingerprint density at radius 3 is 2.45 bits per heavy atom. The third-order valence-corrected chi connectivity index (χ3v) is 7.01. The van der Waals surface area contributed by atoms with Crippen molar-refractivity contribution in [3.8, 4) is 5.69 Å². The SMILES string of the molecule is Cc1ccc(-n2nc(C)c3c2N=C2C(Nc4cccc(C)c4)=Nc4ccccc4N2[C@@H]3c2ccco2)cc1. The van der Waals surface area contributed by atoms with Crippen LogP contribution >= 0.6 is 0 Å². The van der Waals surface area contributed by atoms with Crippen LogP contribution in [-0.2, 0) is 0 Å². The van der Waals surface area contributed by atoms with Gasteiger partial charge in [0.25, 0.3) is 0 Å². The molecule has 7 heteroatoms. The van der Waals surface area contributed by atoms with Crippen molar-refractivity contribution >= 4 is 34.6 Å². The summed E-state index contributed by atoms with van der Waals surface area (Å²) in [6, 6.07) is 28.4. The standard InChI is InChI=1S/C31H26N6O/c1-19-13-15-23(16-14-19)37-30-27(21(3)35-37)28(26-12-7-17-38-26)36-25-11-5-4-10-24(25)33-29(31(36)34-30)32-22-9-6-8-20(2)18-22/h4-18,28H,1-3H3,(H,32,33)/t28-/m1/s1. The van der Waals surface area contributed by atoms with Crippen molar-refractivity contribution in [2.24, 2.45) is 9.98 Å². The van der Waals surface area contributed by atoms with Crippen molar-refractivity contribution in [1.82, 2.24) is 9.78 Å². The molecule has 1 atom stereocenters. The molecule has 0 saturated heterocycles. The van der Waals surface area contributed by atoms with E-state index in [4.69, 9.17) is 19.5 Å². The molecule has 0 unspecified atom stereocenters. The molecule has 7 rings (SSSR count). The van der Waals surface area contributed by atoms with Gasteiger partial charge in [0, 0.05) is 5.69 Å². The summed E-state index contributed by atoms with van der Waals surface area (Å²) in [4.78, 5) is 12.5. The Bertz CT molecular complexity index is 1730. The first-order valence-corrected chi connectivity index (χ1v) is 12.7. The molecule has 2 aromatic heterocycles. The van der Waals surface area contributed by atoms with Crippen LogP contribution in [0, 0.1) is 20.8 Å². The molecule has 4 heterocycles. The fourth-order valence-corrected chi connectivity index (χ4v) is 5.24. The molecule has 2 aliphatic heterocycles. The molecule has 2 aliphatic rings. The topological polar surface area (TPSA) is 71.0 Å². The van der Waals surface area contributed by atoms with Crippen LogP contribution in [0.1, 0.15) is 34.2 Å². The molecule has 0 aliphatic carbocycles. The summed E-state index contributed by atoms with van der Waals surface area (Å²) in [6.07, 6.45) is 1.72. The fourth-order valence-electron chi connectivity index (χ4n) is 5.24. The molecule has 0 bridgehead atoms. The number of anilines is 2. The lowest BCUT2D eigenvalue weighted by atomic mass is 9.98. The highest BCUT2D eigenvalue weighted by Gasteiger charge is 2.42. The number of furan rings is 1. The van der Waals surface area contributed by atoms with Gasteiger partial charge in [0.1, 0.15) is 11.8 Å². The predicted molar refractivity (Wildman–Crippen MR) is 152 cm³/mol. The number of hydrogen-bond acceptors (Lipinski definition) is 6. The first kappa shape index (κ1) is 22.3. The molecule has 38 heavy (non-hydrogen) atoms. The van der Waals surface area contributed by atoms with Crippen molar-refractivity contribution in [3.05, 3.63) is 119 Å². The second-order valence-electron chi connectivity index (χ2n) is 9.74. The minimum Gasteiger partial charge on any atom is -0.467 e. The molecule has 1 N–H and O–H groups in total. The van der Waals surface area contributed by atoms with Gasteiger partial charge >= 0.3 is 0 Å². The van der Waals surface area contributed by atoms with Crippen molar-refractivity contribution in [2.45, 2.75) is 26.8 Å². The van der Waals surface area contributed by atoms with E-state index in [0.717, 1.165) is 51.1 Å². The van der Waals surface area contributed by atoms with Crippen LogP contribution in [-0.4, -0.2) is 21.5 Å². The van der Waals surface area contributed by atoms with E-state index in [2.05, 4.69) is 66.5 Å². The number of aliphatic imine (C=N–C) groups is 2. The van der Waals surface area contributed by atoms with Crippen LogP contribution < -0.4 is 10.2 Å². The van der Waals surface area contributed by atoms with Gasteiger partial charge in [0.05, 0.1) is 34.6 Å². The van der Waals surface area contributed by atoms with Gasteiger partial charge in [-0.05, 0) is 74.9 Å². The summed E-state index contributed by atoms with van der Waals surface area (Å²) in [5.41, 5.74) is 8.01. The van der Waals surface area contributed by atoms with E-state index < -0.39 is 0 Å². The van der Waals surface area contributed by atoms with Crippen molar-refractivity contribution < 1.29 is 4.42 Å². The first-order chi connectivity index (χ1) is 18.6. The van der Waals surface area contributed by atoms with Crippen LogP contribution in [0.3, 0.4) is 0 Å². The lowest BCUT2D eigenvalue weighted by Crippen LogP contribution is -2.46. The van der Waals surface area contributed by atoms with Crippen LogP contribution in [0.5, 0.6) is 0 Å². The van der Waals surface area contributed by atoms with Gasteiger partial charge in [-0.2, -0.15) is 5.10 Å². The largest absolute Gasteiger partial charge is 0.467 e. The zero-order chi connectivity index (χ0) is 25.8. The Hall–Kier alpha value is -4.91. The van der Waals surface area contributed by atoms with Gasteiger partial charge < -0.3 is 14.6 Å². The number of aryl methyl sites for hydroxylation is 3. The normalized spacial score (nSPS) is 15.8. The van der Waals surface area contributed by atoms with Crippen LogP contribution in [0.15, 0.2) is 106 Å². The highest BCUT2D eigenvalue weighted by molar-refractivity contribution is 6.51. The van der Waals surface area contributed by atoms with Crippen LogP contribution in [0.25, 0.3) is 5.69 Å². The molecular formula is C31H26N6O. The highest BCUT2D eigenvalue weighted by Crippen LogP contribution is 2.48. The minimum atomic E-state index is -0.266. The van der Waals surface area contributed by atoms with Crippen LogP contribution in [0.4, 0.5) is 22.9 Å². The predicted octanol–water partition coefficient (Wildman–Crippen LogP) is 7.19. The van der Waals surface area contributed by atoms with Gasteiger partial charge in [-0.1, -0.05) is 42.0 Å². The average molecular weight is 499 g/mol. The average Bonchev–Trinajstić information content (AvgIpc) is 3.57. The van der Waals surface area contributed by atoms with Crippen molar-refractivity contribution in [3.63, 3.8) is 0 Å². The summed E-state index contributed by atoms with van der Waals surface area (Å²) in [6.45, 7) is 6.20. The zero-order valence-electron chi connectivity index (χ0n) is 21.4. The van der Waals surface area contributed by atoms with E-state index in [0.29, 0.717) is 11.7 Å². The Balaban J connectivity index is 1.49. The Morgan fingerprint density at radius 1 is 0.816 bits per heavy atom. The Labute approximate surface area is 220 Å². The molecule has 186 valence electrons. The monoisotopic (exact) mass is 498 g/mol. The first-order valence-electron chi connectivity index (χ1n) is 12.7. The maximum absolute atomic E-state index is 6.05. The fraction of sp³-hybridized carbons (Fsp3) is 0.129. The maximum Gasteiger partial charge on any atom is 0.179 e. The Morgan fingerprint density at radius 2 is 1.66 bits per heavy atom. The summed E-state index contributed by atoms with van der Waals surface area (Å²) in [7, 11) is 0. The number of amidine groups is 2. The van der Waals surface area contributed by atoms with E-state index in [-0.39, 0.29) is 6.04 Å². The molecule has 0 spiro atoms. The minimum absolute atomic E-state index is 0.266. The number of nitrogens with zero attached hydrogens (tertiary/aromatic N) is 5. The highest BCUT2D eigenvalue weighted by atomic mass is 16.3. The summed E-state index contributed by atoms with van der Waals surface area (Å²) in [5.74, 6) is 2.98. The van der Waals surface area contributed by atoms with Gasteiger partial charge in [0.15, 0.2) is 17.5 Å². The molecule has 7 nitrogen and oxygen atoms in total. The summed E-state index contributed by atoms with van der Waals surface area (Å²) >= 11 is 0. The zero-order valence-corrected chi connectivity index (χ0v) is 21.4. The molecule has 0 radical (unpaired) electrons. The number of nitrogens with one attached hydrogen (secondary N) is 1. The van der Waals surface area contributed by atoms with Gasteiger partial charge in [-0.25, -0.2) is 14.7 Å². The Kier molecular flexibility index (Phi) is 5.04. The molecule has 3 aromatic carbocycles. The van der Waals surface area contributed by atoms with Crippen LogP contribution in [0.2, 0.25) is 0 Å². The molecular weight excluding hydrogens is 472 g/mol. The second-order valence-corrected chi connectivity index (χ2v) is 9.74. The lowest BCUT2D eigenvalue weighted by Gasteiger charge is -2.39. The van der Waals surface area contributed by atoms with E-state index >= 15 is 0 Å². The maximum atomic E-state index is 6.05. The summed E-state index contributed by atoms with van der Waals surface area (Å²) < 4.78 is 7.98. The smallest absolute Gasteiger partial charge is 0.179 e. The van der Waals surface area contributed by atoms with Crippen molar-refractivity contribution in [2.75, 3.05) is 10.2 Å². The number of fused-ring (bicyclic) bond motifs is 4. The van der Waals surface area contributed by atoms with E-state index in [9.17, 15) is 0 Å². The molecule has 5 aromatic rings. The quantitative estimate of drug-likeness (QED) is 0.286. The second kappa shape index (κ2) is 8.59. The third-order valence-electron chi connectivity index (χ3n) is 7.01. The van der Waals surface area contributed by atoms with E-state index in [1.807, 2.05) is 54.1 Å². The van der Waals surface area contributed by atoms with Gasteiger partial charge in [0.2, 0.25) is 0 Å². The number of hydrogen-bond donors (Lipinski definition) is 1. The summed E-state index contributed by atoms with van der Waals surface area (Å²) in [5, 5.41) is 8.52. The van der Waals surface area contributed by atoms with E-state index in [1.165, 1.54) is 5.56 Å². The number of para-hydroxylation sites is 2. The van der Waals surface area contributed by atoms with Gasteiger partial charge in [-0.3, -0.25) is 0 Å². The molecule has 0 amide bonds. The molecule has 0 saturated carbocycles. The number of aromatic nitrogens is 2. The number of benzene rings is 3. The third kappa shape index (κ3) is 3.55. The van der Waals surface area contributed by atoms with E-state index in [1.54, 1.807) is 6.26 Å². The number of rotatable bonds is 3. The van der Waals surface area contributed by atoms with Gasteiger partial charge in [-0.15, -0.1) is 0 Å². The molecule has 0 fully saturated rings.